The summed E-state index contributed by atoms with van der Waals surface area (Å²) in [6.07, 6.45) is 1.52. The molecule has 2 aliphatic rings. The third-order valence-electron chi connectivity index (χ3n) is 5.76. The molecule has 2 aromatic carbocycles. The van der Waals surface area contributed by atoms with Gasteiger partial charge in [0.15, 0.2) is 5.11 Å². The van der Waals surface area contributed by atoms with E-state index in [0.717, 1.165) is 22.7 Å². The number of hydrogen-bond acceptors (Lipinski definition) is 7. The Hall–Kier alpha value is -3.27. The summed E-state index contributed by atoms with van der Waals surface area (Å²) in [6.45, 7) is 1.01. The summed E-state index contributed by atoms with van der Waals surface area (Å²) in [5.41, 5.74) is 2.75. The SMILES string of the molecule is COc1ccc(-c2ccnc(N[C@H]3CO[C@H]4[C@@H]3OC[C@@H]4NC(=S)Nc3ccccc3)n2)cc1. The lowest BCUT2D eigenvalue weighted by atomic mass is 10.1. The fourth-order valence-electron chi connectivity index (χ4n) is 4.12. The molecule has 3 aromatic rings. The molecule has 0 radical (unpaired) electrons. The zero-order valence-electron chi connectivity index (χ0n) is 18.1. The molecule has 170 valence electrons. The molecule has 0 saturated carbocycles. The van der Waals surface area contributed by atoms with Crippen molar-refractivity contribution < 1.29 is 14.2 Å². The van der Waals surface area contributed by atoms with Gasteiger partial charge in [-0.3, -0.25) is 0 Å². The number of aromatic nitrogens is 2. The summed E-state index contributed by atoms with van der Waals surface area (Å²) < 4.78 is 17.3. The van der Waals surface area contributed by atoms with Gasteiger partial charge in [0.05, 0.1) is 38.1 Å². The van der Waals surface area contributed by atoms with Crippen LogP contribution in [0.2, 0.25) is 0 Å². The van der Waals surface area contributed by atoms with Crippen LogP contribution in [0.4, 0.5) is 11.6 Å². The number of nitrogens with one attached hydrogen (secondary N) is 3. The first-order chi connectivity index (χ1) is 16.2. The van der Waals surface area contributed by atoms with Crippen molar-refractivity contribution in [1.82, 2.24) is 15.3 Å². The first kappa shape index (κ1) is 21.6. The molecule has 0 spiro atoms. The summed E-state index contributed by atoms with van der Waals surface area (Å²) in [5, 5.41) is 10.5. The molecule has 9 heteroatoms. The predicted molar refractivity (Wildman–Crippen MR) is 130 cm³/mol. The Morgan fingerprint density at radius 2 is 1.70 bits per heavy atom. The minimum Gasteiger partial charge on any atom is -0.497 e. The predicted octanol–water partition coefficient (Wildman–Crippen LogP) is 3.09. The third-order valence-corrected chi connectivity index (χ3v) is 5.98. The van der Waals surface area contributed by atoms with E-state index in [0.29, 0.717) is 24.3 Å². The summed E-state index contributed by atoms with van der Waals surface area (Å²) in [4.78, 5) is 9.06. The van der Waals surface area contributed by atoms with Gasteiger partial charge in [0.1, 0.15) is 18.0 Å². The number of hydrogen-bond donors (Lipinski definition) is 3. The average Bonchev–Trinajstić information content (AvgIpc) is 3.43. The Kier molecular flexibility index (Phi) is 6.34. The third kappa shape index (κ3) is 4.90. The maximum atomic E-state index is 6.06. The monoisotopic (exact) mass is 463 g/mol. The number of thiocarbonyl (C=S) groups is 1. The second kappa shape index (κ2) is 9.70. The first-order valence-corrected chi connectivity index (χ1v) is 11.2. The van der Waals surface area contributed by atoms with Gasteiger partial charge in [0, 0.05) is 17.4 Å². The van der Waals surface area contributed by atoms with E-state index < -0.39 is 0 Å². The van der Waals surface area contributed by atoms with Crippen LogP contribution in [-0.4, -0.2) is 59.7 Å². The molecule has 2 aliphatic heterocycles. The second-order valence-corrected chi connectivity index (χ2v) is 8.32. The van der Waals surface area contributed by atoms with Crippen LogP contribution in [0, 0.1) is 0 Å². The topological polar surface area (TPSA) is 89.6 Å². The summed E-state index contributed by atoms with van der Waals surface area (Å²) in [7, 11) is 1.65. The molecule has 5 rings (SSSR count). The zero-order chi connectivity index (χ0) is 22.6. The quantitative estimate of drug-likeness (QED) is 0.477. The molecule has 8 nitrogen and oxygen atoms in total. The largest absolute Gasteiger partial charge is 0.497 e. The summed E-state index contributed by atoms with van der Waals surface area (Å²) >= 11 is 5.47. The lowest BCUT2D eigenvalue weighted by Gasteiger charge is -2.20. The number of para-hydroxylation sites is 1. The fourth-order valence-corrected chi connectivity index (χ4v) is 4.39. The molecule has 3 heterocycles. The molecule has 33 heavy (non-hydrogen) atoms. The molecule has 1 aromatic heterocycles. The van der Waals surface area contributed by atoms with Crippen molar-refractivity contribution in [3.05, 3.63) is 66.9 Å². The number of ether oxygens (including phenoxy) is 3. The van der Waals surface area contributed by atoms with Gasteiger partial charge in [-0.05, 0) is 54.7 Å². The highest BCUT2D eigenvalue weighted by atomic mass is 32.1. The lowest BCUT2D eigenvalue weighted by molar-refractivity contribution is 0.0689. The van der Waals surface area contributed by atoms with Gasteiger partial charge in [0.2, 0.25) is 5.95 Å². The van der Waals surface area contributed by atoms with Crippen molar-refractivity contribution in [2.45, 2.75) is 24.3 Å². The minimum absolute atomic E-state index is 0.0305. The van der Waals surface area contributed by atoms with Crippen molar-refractivity contribution in [1.29, 1.82) is 0 Å². The van der Waals surface area contributed by atoms with Crippen LogP contribution >= 0.6 is 12.2 Å². The summed E-state index contributed by atoms with van der Waals surface area (Å²) in [6, 6.07) is 19.4. The number of anilines is 2. The number of benzene rings is 2. The van der Waals surface area contributed by atoms with Crippen LogP contribution in [-0.2, 0) is 9.47 Å². The highest BCUT2D eigenvalue weighted by Crippen LogP contribution is 2.29. The van der Waals surface area contributed by atoms with Crippen molar-refractivity contribution in [2.75, 3.05) is 31.0 Å². The number of methoxy groups -OCH3 is 1. The molecule has 0 aliphatic carbocycles. The van der Waals surface area contributed by atoms with Crippen LogP contribution < -0.4 is 20.7 Å². The van der Waals surface area contributed by atoms with Gasteiger partial charge in [0.25, 0.3) is 0 Å². The van der Waals surface area contributed by atoms with Crippen LogP contribution in [0.5, 0.6) is 5.75 Å². The van der Waals surface area contributed by atoms with E-state index in [4.69, 9.17) is 26.4 Å². The van der Waals surface area contributed by atoms with Crippen molar-refractivity contribution >= 4 is 29.0 Å². The number of rotatable bonds is 6. The Morgan fingerprint density at radius 3 is 2.45 bits per heavy atom. The van der Waals surface area contributed by atoms with E-state index in [2.05, 4.69) is 25.9 Å². The van der Waals surface area contributed by atoms with Gasteiger partial charge >= 0.3 is 0 Å². The molecule has 4 atom stereocenters. The van der Waals surface area contributed by atoms with Crippen molar-refractivity contribution in [3.63, 3.8) is 0 Å². The van der Waals surface area contributed by atoms with Crippen molar-refractivity contribution in [3.8, 4) is 17.0 Å². The highest BCUT2D eigenvalue weighted by molar-refractivity contribution is 7.80. The normalized spacial score (nSPS) is 23.5. The molecule has 3 N–H and O–H groups in total. The molecule has 0 unspecified atom stereocenters. The second-order valence-electron chi connectivity index (χ2n) is 7.91. The highest BCUT2D eigenvalue weighted by Gasteiger charge is 2.48. The van der Waals surface area contributed by atoms with Crippen LogP contribution in [0.1, 0.15) is 0 Å². The van der Waals surface area contributed by atoms with E-state index in [1.54, 1.807) is 13.3 Å². The van der Waals surface area contributed by atoms with E-state index in [1.807, 2.05) is 60.7 Å². The zero-order valence-corrected chi connectivity index (χ0v) is 18.9. The standard InChI is InChI=1S/C24H25N5O3S/c1-30-17-9-7-15(8-10-17)18-11-12-25-23(27-18)28-19-13-31-22-20(14-32-21(19)22)29-24(33)26-16-5-3-2-4-6-16/h2-12,19-22H,13-14H2,1H3,(H,25,27,28)(H2,26,29,33)/t19-,20-,21+,22+/m0/s1. The molecule has 0 amide bonds. The van der Waals surface area contributed by atoms with E-state index >= 15 is 0 Å². The van der Waals surface area contributed by atoms with E-state index in [1.165, 1.54) is 0 Å². The van der Waals surface area contributed by atoms with Crippen molar-refractivity contribution in [2.24, 2.45) is 0 Å². The maximum Gasteiger partial charge on any atom is 0.223 e. The molecular weight excluding hydrogens is 438 g/mol. The fraction of sp³-hybridized carbons (Fsp3) is 0.292. The van der Waals surface area contributed by atoms with E-state index in [-0.39, 0.29) is 24.3 Å². The van der Waals surface area contributed by atoms with Crippen LogP contribution in [0.25, 0.3) is 11.3 Å². The average molecular weight is 464 g/mol. The lowest BCUT2D eigenvalue weighted by Crippen LogP contribution is -2.46. The van der Waals surface area contributed by atoms with Gasteiger partial charge in [-0.15, -0.1) is 0 Å². The smallest absolute Gasteiger partial charge is 0.223 e. The van der Waals surface area contributed by atoms with Gasteiger partial charge in [-0.1, -0.05) is 18.2 Å². The number of nitrogens with zero attached hydrogens (tertiary/aromatic N) is 2. The Morgan fingerprint density at radius 1 is 0.970 bits per heavy atom. The Labute approximate surface area is 197 Å². The Bertz CT molecular complexity index is 1100. The maximum absolute atomic E-state index is 6.06. The Balaban J connectivity index is 1.20. The summed E-state index contributed by atoms with van der Waals surface area (Å²) in [5.74, 6) is 1.35. The molecule has 0 bridgehead atoms. The number of fused-ring (bicyclic) bond motifs is 1. The van der Waals surface area contributed by atoms with Gasteiger partial charge in [-0.2, -0.15) is 0 Å². The molecular formula is C24H25N5O3S. The molecule has 2 fully saturated rings. The minimum atomic E-state index is -0.115. The van der Waals surface area contributed by atoms with Crippen LogP contribution in [0.3, 0.4) is 0 Å². The van der Waals surface area contributed by atoms with E-state index in [9.17, 15) is 0 Å². The van der Waals surface area contributed by atoms with Gasteiger partial charge in [-0.25, -0.2) is 9.97 Å². The first-order valence-electron chi connectivity index (χ1n) is 10.8. The molecule has 2 saturated heterocycles. The van der Waals surface area contributed by atoms with Crippen LogP contribution in [0.15, 0.2) is 66.9 Å². The van der Waals surface area contributed by atoms with Gasteiger partial charge < -0.3 is 30.2 Å².